The summed E-state index contributed by atoms with van der Waals surface area (Å²) >= 11 is 0. The molecule has 3 aromatic carbocycles. The summed E-state index contributed by atoms with van der Waals surface area (Å²) in [5.74, 6) is 0.583. The Balaban J connectivity index is 1.87. The minimum absolute atomic E-state index is 0.00790. The number of para-hydroxylation sites is 2. The molecule has 148 valence electrons. The molecule has 5 aromatic rings. The lowest BCUT2D eigenvalue weighted by molar-refractivity contribution is -0.550. The number of rotatable bonds is 4. The molecule has 0 unspecified atom stereocenters. The standard InChI is InChI=1S/C24H15N5O2/c25-15-16-14-22-23(20-8-4-5-9-21(20)27-22)28(18-10-12-19(13-11-18)29(30)31)24(16)26-17-6-2-1-3-7-17/h1-14H,(H,26,27)/p+1. The molecule has 2 heterocycles. The van der Waals surface area contributed by atoms with Gasteiger partial charge in [0.25, 0.3) is 5.69 Å². The number of nitro groups is 1. The fourth-order valence-corrected chi connectivity index (χ4v) is 3.79. The van der Waals surface area contributed by atoms with Crippen LogP contribution in [0.15, 0.2) is 84.9 Å². The zero-order chi connectivity index (χ0) is 21.4. The number of hydrogen-bond acceptors (Lipinski definition) is 4. The van der Waals surface area contributed by atoms with Gasteiger partial charge in [-0.2, -0.15) is 9.83 Å². The summed E-state index contributed by atoms with van der Waals surface area (Å²) in [4.78, 5) is 14.1. The van der Waals surface area contributed by atoms with Crippen LogP contribution in [0, 0.1) is 21.4 Å². The molecule has 0 saturated heterocycles. The highest BCUT2D eigenvalue weighted by Gasteiger charge is 2.25. The van der Waals surface area contributed by atoms with Gasteiger partial charge < -0.3 is 4.98 Å². The van der Waals surface area contributed by atoms with Gasteiger partial charge >= 0.3 is 5.82 Å². The molecule has 2 aromatic heterocycles. The van der Waals surface area contributed by atoms with Crippen molar-refractivity contribution in [1.29, 1.82) is 5.26 Å². The molecule has 0 radical (unpaired) electrons. The van der Waals surface area contributed by atoms with Gasteiger partial charge in [-0.15, -0.1) is 0 Å². The third-order valence-electron chi connectivity index (χ3n) is 5.17. The second-order valence-electron chi connectivity index (χ2n) is 7.05. The van der Waals surface area contributed by atoms with E-state index in [0.717, 1.165) is 27.6 Å². The first kappa shape index (κ1) is 18.3. The number of fused-ring (bicyclic) bond motifs is 3. The predicted octanol–water partition coefficient (Wildman–Crippen LogP) is 5.12. The molecular formula is C24H16N5O2+. The highest BCUT2D eigenvalue weighted by Crippen LogP contribution is 2.29. The van der Waals surface area contributed by atoms with E-state index >= 15 is 0 Å². The number of hydrogen-bond donors (Lipinski definition) is 2. The molecule has 0 amide bonds. The lowest BCUT2D eigenvalue weighted by Crippen LogP contribution is -2.35. The Bertz CT molecular complexity index is 1480. The zero-order valence-electron chi connectivity index (χ0n) is 16.2. The smallest absolute Gasteiger partial charge is 0.303 e. The second-order valence-corrected chi connectivity index (χ2v) is 7.05. The Morgan fingerprint density at radius 2 is 1.65 bits per heavy atom. The third-order valence-corrected chi connectivity index (χ3v) is 5.17. The van der Waals surface area contributed by atoms with Crippen LogP contribution < -0.4 is 9.88 Å². The molecule has 5 rings (SSSR count). The minimum Gasteiger partial charge on any atom is -0.351 e. The average Bonchev–Trinajstić information content (AvgIpc) is 3.17. The second kappa shape index (κ2) is 7.28. The molecular weight excluding hydrogens is 390 g/mol. The number of pyridine rings is 1. The van der Waals surface area contributed by atoms with Crippen LogP contribution in [0.4, 0.5) is 17.2 Å². The highest BCUT2D eigenvalue weighted by atomic mass is 16.6. The van der Waals surface area contributed by atoms with Gasteiger partial charge in [0.1, 0.15) is 23.0 Å². The first-order valence-corrected chi connectivity index (χ1v) is 9.62. The molecule has 0 atom stereocenters. The molecule has 7 nitrogen and oxygen atoms in total. The molecule has 0 spiro atoms. The maximum Gasteiger partial charge on any atom is 0.303 e. The average molecular weight is 406 g/mol. The Kier molecular flexibility index (Phi) is 4.31. The van der Waals surface area contributed by atoms with Gasteiger partial charge in [0.15, 0.2) is 5.52 Å². The van der Waals surface area contributed by atoms with Crippen molar-refractivity contribution in [2.24, 2.45) is 0 Å². The minimum atomic E-state index is -0.426. The lowest BCUT2D eigenvalue weighted by Gasteiger charge is -2.10. The van der Waals surface area contributed by atoms with Crippen LogP contribution in [0.1, 0.15) is 5.56 Å². The fourth-order valence-electron chi connectivity index (χ4n) is 3.79. The summed E-state index contributed by atoms with van der Waals surface area (Å²) in [6.45, 7) is 0. The van der Waals surface area contributed by atoms with Crippen LogP contribution in [0.2, 0.25) is 0 Å². The normalized spacial score (nSPS) is 10.8. The monoisotopic (exact) mass is 406 g/mol. The van der Waals surface area contributed by atoms with E-state index in [-0.39, 0.29) is 5.69 Å². The zero-order valence-corrected chi connectivity index (χ0v) is 16.2. The van der Waals surface area contributed by atoms with Crippen LogP contribution in [0.3, 0.4) is 0 Å². The van der Waals surface area contributed by atoms with Crippen molar-refractivity contribution in [2.45, 2.75) is 0 Å². The van der Waals surface area contributed by atoms with Crippen molar-refractivity contribution in [3.8, 4) is 11.8 Å². The van der Waals surface area contributed by atoms with Crippen LogP contribution in [0.25, 0.3) is 27.6 Å². The van der Waals surface area contributed by atoms with E-state index in [9.17, 15) is 15.4 Å². The number of benzene rings is 3. The maximum atomic E-state index is 11.1. The first-order valence-electron chi connectivity index (χ1n) is 9.62. The van der Waals surface area contributed by atoms with Gasteiger partial charge in [-0.25, -0.2) is 5.32 Å². The largest absolute Gasteiger partial charge is 0.351 e. The predicted molar refractivity (Wildman–Crippen MR) is 118 cm³/mol. The number of anilines is 2. The Morgan fingerprint density at radius 3 is 2.35 bits per heavy atom. The van der Waals surface area contributed by atoms with E-state index in [2.05, 4.69) is 16.4 Å². The van der Waals surface area contributed by atoms with E-state index in [1.54, 1.807) is 12.1 Å². The van der Waals surface area contributed by atoms with E-state index in [1.165, 1.54) is 12.1 Å². The molecule has 0 aliphatic rings. The van der Waals surface area contributed by atoms with Crippen LogP contribution in [-0.4, -0.2) is 9.91 Å². The SMILES string of the molecule is N#Cc1cc2[nH]c3ccccc3c2[n+](-c2ccc([N+](=O)[O-])cc2)c1Nc1ccccc1. The molecule has 0 saturated carbocycles. The van der Waals surface area contributed by atoms with Crippen molar-refractivity contribution in [3.05, 3.63) is 101 Å². The third kappa shape index (κ3) is 3.12. The van der Waals surface area contributed by atoms with Gasteiger partial charge in [0.05, 0.1) is 16.0 Å². The van der Waals surface area contributed by atoms with Gasteiger partial charge in [0, 0.05) is 17.5 Å². The van der Waals surface area contributed by atoms with Crippen molar-refractivity contribution in [1.82, 2.24) is 4.98 Å². The van der Waals surface area contributed by atoms with Gasteiger partial charge in [-0.3, -0.25) is 10.1 Å². The lowest BCUT2D eigenvalue weighted by atomic mass is 10.1. The van der Waals surface area contributed by atoms with E-state index in [1.807, 2.05) is 65.2 Å². The Morgan fingerprint density at radius 1 is 0.935 bits per heavy atom. The number of nitro benzene ring substituents is 1. The van der Waals surface area contributed by atoms with Crippen LogP contribution >= 0.6 is 0 Å². The quantitative estimate of drug-likeness (QED) is 0.246. The molecule has 0 bridgehead atoms. The van der Waals surface area contributed by atoms with Gasteiger partial charge in [-0.1, -0.05) is 30.3 Å². The van der Waals surface area contributed by atoms with Crippen LogP contribution in [0.5, 0.6) is 0 Å². The number of aromatic amines is 1. The number of nitriles is 1. The highest BCUT2D eigenvalue weighted by molar-refractivity contribution is 6.04. The molecule has 0 fully saturated rings. The summed E-state index contributed by atoms with van der Waals surface area (Å²) in [7, 11) is 0. The van der Waals surface area contributed by atoms with Gasteiger partial charge in [-0.05, 0) is 42.5 Å². The van der Waals surface area contributed by atoms with E-state index in [4.69, 9.17) is 0 Å². The van der Waals surface area contributed by atoms with E-state index < -0.39 is 4.92 Å². The maximum absolute atomic E-state index is 11.1. The fraction of sp³-hybridized carbons (Fsp3) is 0. The van der Waals surface area contributed by atoms with Crippen molar-refractivity contribution < 1.29 is 9.49 Å². The van der Waals surface area contributed by atoms with Crippen molar-refractivity contribution >= 4 is 39.1 Å². The topological polar surface area (TPSA) is 98.6 Å². The van der Waals surface area contributed by atoms with Crippen LogP contribution in [-0.2, 0) is 0 Å². The number of nitrogens with one attached hydrogen (secondary N) is 2. The summed E-state index contributed by atoms with van der Waals surface area (Å²) in [5.41, 5.74) is 4.60. The van der Waals surface area contributed by atoms with Gasteiger partial charge in [0.2, 0.25) is 0 Å². The molecule has 2 N–H and O–H groups in total. The Labute approximate surface area is 177 Å². The number of nitrogens with zero attached hydrogens (tertiary/aromatic N) is 3. The Hall–Kier alpha value is -4.70. The molecule has 0 aliphatic heterocycles. The van der Waals surface area contributed by atoms with Crippen molar-refractivity contribution in [3.63, 3.8) is 0 Å². The summed E-state index contributed by atoms with van der Waals surface area (Å²) in [6.07, 6.45) is 0. The van der Waals surface area contributed by atoms with E-state index in [0.29, 0.717) is 17.1 Å². The number of aromatic nitrogens is 2. The molecule has 7 heteroatoms. The molecule has 31 heavy (non-hydrogen) atoms. The first-order chi connectivity index (χ1) is 15.2. The summed E-state index contributed by atoms with van der Waals surface area (Å²) in [5, 5.41) is 25.4. The summed E-state index contributed by atoms with van der Waals surface area (Å²) in [6, 6.07) is 27.9. The number of non-ortho nitro benzene ring substituents is 1. The summed E-state index contributed by atoms with van der Waals surface area (Å²) < 4.78 is 1.93. The van der Waals surface area contributed by atoms with Crippen molar-refractivity contribution in [2.75, 3.05) is 5.32 Å². The number of H-pyrrole nitrogens is 1. The molecule has 0 aliphatic carbocycles.